The molecule has 0 bridgehead atoms. The molecule has 5 heteroatoms. The number of anilines is 2. The zero-order valence-electron chi connectivity index (χ0n) is 16.2. The van der Waals surface area contributed by atoms with Crippen LogP contribution in [0.1, 0.15) is 44.1 Å². The number of aryl methyl sites for hydroxylation is 1. The number of hydrogen-bond acceptors (Lipinski definition) is 3. The summed E-state index contributed by atoms with van der Waals surface area (Å²) in [5.41, 5.74) is 2.62. The predicted octanol–water partition coefficient (Wildman–Crippen LogP) is 4.12. The molecular weight excluding hydrogens is 350 g/mol. The van der Waals surface area contributed by atoms with Crippen molar-refractivity contribution in [2.24, 2.45) is 0 Å². The van der Waals surface area contributed by atoms with Crippen LogP contribution in [0.25, 0.3) is 0 Å². The van der Waals surface area contributed by atoms with E-state index in [1.807, 2.05) is 54.6 Å². The zero-order valence-corrected chi connectivity index (χ0v) is 16.2. The Morgan fingerprint density at radius 3 is 2.04 bits per heavy atom. The van der Waals surface area contributed by atoms with Gasteiger partial charge in [-0.3, -0.25) is 9.59 Å². The first-order valence-corrected chi connectivity index (χ1v) is 10.2. The van der Waals surface area contributed by atoms with E-state index in [4.69, 9.17) is 0 Å². The fraction of sp³-hybridized carbons (Fsp3) is 0.391. The van der Waals surface area contributed by atoms with Gasteiger partial charge in [-0.1, -0.05) is 49.6 Å². The van der Waals surface area contributed by atoms with Gasteiger partial charge < -0.3 is 16.0 Å². The Labute approximate surface area is 166 Å². The van der Waals surface area contributed by atoms with Crippen LogP contribution in [0.5, 0.6) is 0 Å². The first-order valence-electron chi connectivity index (χ1n) is 10.2. The maximum Gasteiger partial charge on any atom is 0.238 e. The van der Waals surface area contributed by atoms with Crippen LogP contribution in [-0.2, 0) is 16.0 Å². The van der Waals surface area contributed by atoms with Crippen molar-refractivity contribution in [2.45, 2.75) is 51.0 Å². The molecule has 2 amide bonds. The number of carbonyl (C=O) groups is 2. The highest BCUT2D eigenvalue weighted by molar-refractivity contribution is 5.93. The molecule has 0 unspecified atom stereocenters. The summed E-state index contributed by atoms with van der Waals surface area (Å²) in [5.74, 6) is -0.0532. The SMILES string of the molecule is O=C(CCc1ccccc1)Nc1ccc(NC(=O)CNC2CCCCC2)cc1. The third-order valence-electron chi connectivity index (χ3n) is 5.09. The Balaban J connectivity index is 1.38. The fourth-order valence-electron chi connectivity index (χ4n) is 3.51. The van der Waals surface area contributed by atoms with Gasteiger partial charge in [0.05, 0.1) is 6.54 Å². The molecule has 1 saturated carbocycles. The van der Waals surface area contributed by atoms with Gasteiger partial charge in [0, 0.05) is 23.8 Å². The number of hydrogen-bond donors (Lipinski definition) is 3. The molecule has 2 aromatic carbocycles. The van der Waals surface area contributed by atoms with Crippen molar-refractivity contribution in [3.63, 3.8) is 0 Å². The Morgan fingerprint density at radius 1 is 0.786 bits per heavy atom. The van der Waals surface area contributed by atoms with Crippen molar-refractivity contribution in [3.8, 4) is 0 Å². The molecule has 1 aliphatic rings. The van der Waals surface area contributed by atoms with E-state index < -0.39 is 0 Å². The molecule has 0 aliphatic heterocycles. The number of benzene rings is 2. The van der Waals surface area contributed by atoms with Crippen molar-refractivity contribution in [2.75, 3.05) is 17.2 Å². The minimum absolute atomic E-state index is 0.0164. The summed E-state index contributed by atoms with van der Waals surface area (Å²) in [6.07, 6.45) is 7.27. The van der Waals surface area contributed by atoms with E-state index in [0.717, 1.165) is 36.2 Å². The third kappa shape index (κ3) is 6.82. The van der Waals surface area contributed by atoms with E-state index in [2.05, 4.69) is 16.0 Å². The Hall–Kier alpha value is -2.66. The summed E-state index contributed by atoms with van der Waals surface area (Å²) < 4.78 is 0. The van der Waals surface area contributed by atoms with Crippen LogP contribution in [0.3, 0.4) is 0 Å². The minimum Gasteiger partial charge on any atom is -0.326 e. The van der Waals surface area contributed by atoms with E-state index in [1.165, 1.54) is 19.3 Å². The van der Waals surface area contributed by atoms with E-state index in [9.17, 15) is 9.59 Å². The van der Waals surface area contributed by atoms with Gasteiger partial charge in [-0.15, -0.1) is 0 Å². The monoisotopic (exact) mass is 379 g/mol. The number of carbonyl (C=O) groups excluding carboxylic acids is 2. The molecule has 0 atom stereocenters. The molecule has 28 heavy (non-hydrogen) atoms. The number of rotatable bonds is 8. The van der Waals surface area contributed by atoms with Gasteiger partial charge in [0.15, 0.2) is 0 Å². The molecule has 0 spiro atoms. The van der Waals surface area contributed by atoms with Gasteiger partial charge in [0.2, 0.25) is 11.8 Å². The molecule has 148 valence electrons. The molecule has 5 nitrogen and oxygen atoms in total. The molecule has 1 fully saturated rings. The largest absolute Gasteiger partial charge is 0.326 e. The van der Waals surface area contributed by atoms with Gasteiger partial charge in [-0.05, 0) is 49.1 Å². The average molecular weight is 380 g/mol. The van der Waals surface area contributed by atoms with Gasteiger partial charge in [-0.25, -0.2) is 0 Å². The summed E-state index contributed by atoms with van der Waals surface area (Å²) in [7, 11) is 0. The smallest absolute Gasteiger partial charge is 0.238 e. The second kappa shape index (κ2) is 10.6. The van der Waals surface area contributed by atoms with Gasteiger partial charge >= 0.3 is 0 Å². The van der Waals surface area contributed by atoms with Crippen molar-refractivity contribution < 1.29 is 9.59 Å². The average Bonchev–Trinajstić information content (AvgIpc) is 2.74. The van der Waals surface area contributed by atoms with Crippen molar-refractivity contribution in [1.82, 2.24) is 5.32 Å². The lowest BCUT2D eigenvalue weighted by Gasteiger charge is -2.22. The molecule has 0 aromatic heterocycles. The first-order chi connectivity index (χ1) is 13.7. The second-order valence-corrected chi connectivity index (χ2v) is 7.38. The van der Waals surface area contributed by atoms with Crippen LogP contribution >= 0.6 is 0 Å². The molecule has 1 aliphatic carbocycles. The van der Waals surface area contributed by atoms with Crippen LogP contribution in [0.2, 0.25) is 0 Å². The summed E-state index contributed by atoms with van der Waals surface area (Å²) in [6.45, 7) is 0.336. The van der Waals surface area contributed by atoms with E-state index in [-0.39, 0.29) is 11.8 Å². The van der Waals surface area contributed by atoms with E-state index in [1.54, 1.807) is 0 Å². The lowest BCUT2D eigenvalue weighted by Crippen LogP contribution is -2.37. The Morgan fingerprint density at radius 2 is 1.39 bits per heavy atom. The van der Waals surface area contributed by atoms with Crippen LogP contribution in [-0.4, -0.2) is 24.4 Å². The Kier molecular flexibility index (Phi) is 7.62. The minimum atomic E-state index is -0.0368. The Bertz CT molecular complexity index is 753. The quantitative estimate of drug-likeness (QED) is 0.646. The molecule has 0 radical (unpaired) electrons. The highest BCUT2D eigenvalue weighted by Gasteiger charge is 2.14. The lowest BCUT2D eigenvalue weighted by molar-refractivity contribution is -0.116. The van der Waals surface area contributed by atoms with Gasteiger partial charge in [0.25, 0.3) is 0 Å². The van der Waals surface area contributed by atoms with E-state index >= 15 is 0 Å². The summed E-state index contributed by atoms with van der Waals surface area (Å²) in [4.78, 5) is 24.2. The fourth-order valence-corrected chi connectivity index (χ4v) is 3.51. The second-order valence-electron chi connectivity index (χ2n) is 7.38. The number of nitrogens with one attached hydrogen (secondary N) is 3. The van der Waals surface area contributed by atoms with Crippen molar-refractivity contribution in [1.29, 1.82) is 0 Å². The summed E-state index contributed by atoms with van der Waals surface area (Å²) in [6, 6.07) is 17.7. The van der Waals surface area contributed by atoms with Crippen LogP contribution < -0.4 is 16.0 Å². The highest BCUT2D eigenvalue weighted by Crippen LogP contribution is 2.17. The maximum absolute atomic E-state index is 12.1. The maximum atomic E-state index is 12.1. The summed E-state index contributed by atoms with van der Waals surface area (Å²) in [5, 5.41) is 9.13. The molecular formula is C23H29N3O2. The first kappa shape index (κ1) is 20.1. The molecule has 2 aromatic rings. The van der Waals surface area contributed by atoms with Crippen molar-refractivity contribution >= 4 is 23.2 Å². The zero-order chi connectivity index (χ0) is 19.6. The van der Waals surface area contributed by atoms with Crippen molar-refractivity contribution in [3.05, 3.63) is 60.2 Å². The molecule has 3 rings (SSSR count). The van der Waals surface area contributed by atoms with E-state index in [0.29, 0.717) is 19.0 Å². The molecule has 0 heterocycles. The number of amides is 2. The topological polar surface area (TPSA) is 70.2 Å². The van der Waals surface area contributed by atoms with Gasteiger partial charge in [0.1, 0.15) is 0 Å². The molecule has 3 N–H and O–H groups in total. The standard InChI is InChI=1S/C23H29N3O2/c27-22(16-11-18-7-3-1-4-8-18)25-20-12-14-21(15-13-20)26-23(28)17-24-19-9-5-2-6-10-19/h1,3-4,7-8,12-15,19,24H,2,5-6,9-11,16-17H2,(H,25,27)(H,26,28). The molecule has 0 saturated heterocycles. The van der Waals surface area contributed by atoms with Crippen LogP contribution in [0.15, 0.2) is 54.6 Å². The predicted molar refractivity (Wildman–Crippen MR) is 113 cm³/mol. The van der Waals surface area contributed by atoms with Crippen LogP contribution in [0, 0.1) is 0 Å². The third-order valence-corrected chi connectivity index (χ3v) is 5.09. The van der Waals surface area contributed by atoms with Gasteiger partial charge in [-0.2, -0.15) is 0 Å². The lowest BCUT2D eigenvalue weighted by atomic mass is 9.95. The summed E-state index contributed by atoms with van der Waals surface area (Å²) >= 11 is 0. The normalized spacial score (nSPS) is 14.4. The highest BCUT2D eigenvalue weighted by atomic mass is 16.2. The van der Waals surface area contributed by atoms with Crippen LogP contribution in [0.4, 0.5) is 11.4 Å².